The summed E-state index contributed by atoms with van der Waals surface area (Å²) in [4.78, 5) is 23.3. The highest BCUT2D eigenvalue weighted by atomic mass is 16.5. The maximum atomic E-state index is 12.0. The topological polar surface area (TPSA) is 110 Å². The predicted octanol–water partition coefficient (Wildman–Crippen LogP) is 2.82. The molecule has 1 aliphatic heterocycles. The van der Waals surface area contributed by atoms with Crippen LogP contribution < -0.4 is 10.5 Å². The van der Waals surface area contributed by atoms with E-state index in [0.717, 1.165) is 11.1 Å². The van der Waals surface area contributed by atoms with E-state index in [1.807, 2.05) is 48.5 Å². The highest BCUT2D eigenvalue weighted by Crippen LogP contribution is 2.53. The summed E-state index contributed by atoms with van der Waals surface area (Å²) in [6.45, 7) is 0. The van der Waals surface area contributed by atoms with Crippen LogP contribution >= 0.6 is 0 Å². The molecule has 2 aromatic rings. The first kappa shape index (κ1) is 16.6. The summed E-state index contributed by atoms with van der Waals surface area (Å²) in [5.41, 5.74) is 6.45. The summed E-state index contributed by atoms with van der Waals surface area (Å²) in [6.07, 6.45) is 0.415. The van der Waals surface area contributed by atoms with E-state index >= 15 is 0 Å². The molecule has 26 heavy (non-hydrogen) atoms. The molecule has 1 saturated carbocycles. The Kier molecular flexibility index (Phi) is 3.73. The molecule has 6 nitrogen and oxygen atoms in total. The Bertz CT molecular complexity index is 850. The molecule has 0 radical (unpaired) electrons. The average Bonchev–Trinajstić information content (AvgIpc) is 3.43. The quantitative estimate of drug-likeness (QED) is 0.762. The number of nitrogens with two attached hydrogens (primary N) is 1. The zero-order valence-electron chi connectivity index (χ0n) is 14.0. The molecule has 1 heterocycles. The SMILES string of the molecule is N[C@](CC1c2ccccc2Oc2ccccc21)(C(=O)O)[C@H]1CC1C(=O)O. The van der Waals surface area contributed by atoms with E-state index in [9.17, 15) is 19.8 Å². The Morgan fingerprint density at radius 2 is 1.58 bits per heavy atom. The molecule has 0 aromatic heterocycles. The molecule has 2 aliphatic rings. The maximum Gasteiger partial charge on any atom is 0.324 e. The van der Waals surface area contributed by atoms with Crippen LogP contribution in [0.25, 0.3) is 0 Å². The second kappa shape index (κ2) is 5.85. The van der Waals surface area contributed by atoms with Gasteiger partial charge in [0, 0.05) is 23.0 Å². The van der Waals surface area contributed by atoms with Crippen molar-refractivity contribution in [2.45, 2.75) is 24.3 Å². The van der Waals surface area contributed by atoms with E-state index in [-0.39, 0.29) is 12.3 Å². The van der Waals surface area contributed by atoms with Crippen LogP contribution in [-0.2, 0) is 9.59 Å². The van der Waals surface area contributed by atoms with Crippen molar-refractivity contribution < 1.29 is 24.5 Å². The van der Waals surface area contributed by atoms with Gasteiger partial charge in [-0.2, -0.15) is 0 Å². The minimum atomic E-state index is -1.61. The summed E-state index contributed by atoms with van der Waals surface area (Å²) >= 11 is 0. The largest absolute Gasteiger partial charge is 0.481 e. The first-order chi connectivity index (χ1) is 12.4. The molecule has 1 unspecified atom stereocenters. The minimum absolute atomic E-state index is 0.119. The lowest BCUT2D eigenvalue weighted by molar-refractivity contribution is -0.145. The van der Waals surface area contributed by atoms with Crippen molar-refractivity contribution in [2.75, 3.05) is 0 Å². The third-order valence-electron chi connectivity index (χ3n) is 5.52. The van der Waals surface area contributed by atoms with Gasteiger partial charge >= 0.3 is 11.9 Å². The van der Waals surface area contributed by atoms with Crippen molar-refractivity contribution in [3.8, 4) is 11.5 Å². The van der Waals surface area contributed by atoms with Crippen molar-refractivity contribution in [3.05, 3.63) is 59.7 Å². The van der Waals surface area contributed by atoms with E-state index in [1.165, 1.54) is 0 Å². The molecule has 3 atom stereocenters. The molecule has 4 N–H and O–H groups in total. The van der Waals surface area contributed by atoms with Gasteiger partial charge in [-0.15, -0.1) is 0 Å². The molecule has 0 bridgehead atoms. The fourth-order valence-electron chi connectivity index (χ4n) is 4.00. The summed E-state index contributed by atoms with van der Waals surface area (Å²) < 4.78 is 5.94. The monoisotopic (exact) mass is 353 g/mol. The van der Waals surface area contributed by atoms with Crippen LogP contribution in [0.15, 0.2) is 48.5 Å². The van der Waals surface area contributed by atoms with Gasteiger partial charge in [-0.1, -0.05) is 36.4 Å². The number of benzene rings is 2. The summed E-state index contributed by atoms with van der Waals surface area (Å²) in [5, 5.41) is 19.0. The van der Waals surface area contributed by atoms with Gasteiger partial charge in [0.2, 0.25) is 0 Å². The van der Waals surface area contributed by atoms with Gasteiger partial charge in [0.15, 0.2) is 0 Å². The second-order valence-corrected chi connectivity index (χ2v) is 7.07. The molecule has 2 aromatic carbocycles. The number of ether oxygens (including phenoxy) is 1. The Morgan fingerprint density at radius 3 is 2.04 bits per heavy atom. The fraction of sp³-hybridized carbons (Fsp3) is 0.300. The minimum Gasteiger partial charge on any atom is -0.481 e. The second-order valence-electron chi connectivity index (χ2n) is 7.07. The first-order valence-electron chi connectivity index (χ1n) is 8.52. The van der Waals surface area contributed by atoms with E-state index in [2.05, 4.69) is 0 Å². The Hall–Kier alpha value is -2.86. The zero-order valence-corrected chi connectivity index (χ0v) is 14.0. The number of fused-ring (bicyclic) bond motifs is 2. The zero-order chi connectivity index (χ0) is 18.5. The van der Waals surface area contributed by atoms with Gasteiger partial charge in [-0.25, -0.2) is 0 Å². The molecule has 0 amide bonds. The lowest BCUT2D eigenvalue weighted by Gasteiger charge is -2.34. The molecule has 0 saturated heterocycles. The average molecular weight is 353 g/mol. The number of carboxylic acids is 2. The van der Waals surface area contributed by atoms with Crippen LogP contribution in [0, 0.1) is 11.8 Å². The lowest BCUT2D eigenvalue weighted by Crippen LogP contribution is -2.52. The summed E-state index contributed by atoms with van der Waals surface area (Å²) in [6, 6.07) is 15.0. The molecule has 134 valence electrons. The van der Waals surface area contributed by atoms with Crippen molar-refractivity contribution >= 4 is 11.9 Å². The summed E-state index contributed by atoms with van der Waals surface area (Å²) in [5.74, 6) is -2.33. The number of hydrogen-bond acceptors (Lipinski definition) is 4. The van der Waals surface area contributed by atoms with Gasteiger partial charge in [0.25, 0.3) is 0 Å². The smallest absolute Gasteiger partial charge is 0.324 e. The maximum absolute atomic E-state index is 12.0. The standard InChI is InChI=1S/C20H19NO5/c21-20(19(24)25,15-9-13(15)18(22)23)10-14-11-5-1-3-7-16(11)26-17-8-4-2-6-12(14)17/h1-8,13-15H,9-10,21H2,(H,22,23)(H,24,25)/t13?,15-,20-/m0/s1. The predicted molar refractivity (Wildman–Crippen MR) is 93.2 cm³/mol. The van der Waals surface area contributed by atoms with E-state index in [4.69, 9.17) is 10.5 Å². The molecule has 1 aliphatic carbocycles. The van der Waals surface area contributed by atoms with Crippen LogP contribution in [0.4, 0.5) is 0 Å². The van der Waals surface area contributed by atoms with E-state index in [0.29, 0.717) is 17.9 Å². The van der Waals surface area contributed by atoms with Crippen LogP contribution in [0.5, 0.6) is 11.5 Å². The lowest BCUT2D eigenvalue weighted by atomic mass is 9.76. The number of aliphatic carboxylic acids is 2. The van der Waals surface area contributed by atoms with Crippen molar-refractivity contribution in [3.63, 3.8) is 0 Å². The highest BCUT2D eigenvalue weighted by Gasteiger charge is 2.59. The summed E-state index contributed by atoms with van der Waals surface area (Å²) in [7, 11) is 0. The molecule has 0 spiro atoms. The normalized spacial score (nSPS) is 23.1. The third-order valence-corrected chi connectivity index (χ3v) is 5.52. The van der Waals surface area contributed by atoms with E-state index in [1.54, 1.807) is 0 Å². The van der Waals surface area contributed by atoms with Gasteiger partial charge < -0.3 is 20.7 Å². The van der Waals surface area contributed by atoms with Gasteiger partial charge in [0.1, 0.15) is 17.0 Å². The Labute approximate surface area is 150 Å². The number of hydrogen-bond donors (Lipinski definition) is 3. The number of carboxylic acid groups (broad SMARTS) is 2. The van der Waals surface area contributed by atoms with Crippen molar-refractivity contribution in [1.29, 1.82) is 0 Å². The number of carbonyl (C=O) groups is 2. The van der Waals surface area contributed by atoms with Gasteiger partial charge in [-0.3, -0.25) is 9.59 Å². The van der Waals surface area contributed by atoms with Crippen molar-refractivity contribution in [2.24, 2.45) is 17.6 Å². The molecule has 6 heteroatoms. The number of para-hydroxylation sites is 2. The van der Waals surface area contributed by atoms with Crippen LogP contribution in [0.3, 0.4) is 0 Å². The third kappa shape index (κ3) is 2.54. The van der Waals surface area contributed by atoms with E-state index < -0.39 is 29.3 Å². The Balaban J connectivity index is 1.75. The van der Waals surface area contributed by atoms with Crippen LogP contribution in [0.1, 0.15) is 29.9 Å². The Morgan fingerprint density at radius 1 is 1.04 bits per heavy atom. The molecule has 4 rings (SSSR count). The van der Waals surface area contributed by atoms with Crippen molar-refractivity contribution in [1.82, 2.24) is 0 Å². The van der Waals surface area contributed by atoms with Gasteiger partial charge in [0.05, 0.1) is 5.92 Å². The molecular formula is C20H19NO5. The molecular weight excluding hydrogens is 334 g/mol. The van der Waals surface area contributed by atoms with Crippen LogP contribution in [0.2, 0.25) is 0 Å². The van der Waals surface area contributed by atoms with Crippen LogP contribution in [-0.4, -0.2) is 27.7 Å². The molecule has 1 fully saturated rings. The highest BCUT2D eigenvalue weighted by molar-refractivity contribution is 5.83. The van der Waals surface area contributed by atoms with Gasteiger partial charge in [-0.05, 0) is 25.0 Å². The number of rotatable bonds is 5. The fourth-order valence-corrected chi connectivity index (χ4v) is 4.00. The first-order valence-corrected chi connectivity index (χ1v) is 8.52.